The summed E-state index contributed by atoms with van der Waals surface area (Å²) in [5, 5.41) is 3.95. The zero-order valence-corrected chi connectivity index (χ0v) is 9.08. The molecule has 4 nitrogen and oxygen atoms in total. The van der Waals surface area contributed by atoms with Crippen LogP contribution < -0.4 is 10.5 Å². The molecule has 0 radical (unpaired) electrons. The molecule has 2 N–H and O–H groups in total. The van der Waals surface area contributed by atoms with Crippen molar-refractivity contribution in [1.82, 2.24) is 5.16 Å². The van der Waals surface area contributed by atoms with Crippen LogP contribution in [0.25, 0.3) is 11.3 Å². The number of halogens is 2. The Kier molecular flexibility index (Phi) is 2.70. The van der Waals surface area contributed by atoms with Crippen LogP contribution >= 0.6 is 11.6 Å². The van der Waals surface area contributed by atoms with Gasteiger partial charge in [-0.05, 0) is 6.07 Å². The molecule has 0 aliphatic heterocycles. The van der Waals surface area contributed by atoms with Crippen LogP contribution in [0.2, 0.25) is 5.02 Å². The molecular formula is C10H8ClFN2O2. The Labute approximate surface area is 95.7 Å². The normalized spacial score (nSPS) is 10.4. The Morgan fingerprint density at radius 2 is 2.19 bits per heavy atom. The van der Waals surface area contributed by atoms with Gasteiger partial charge in [0, 0.05) is 22.7 Å². The summed E-state index contributed by atoms with van der Waals surface area (Å²) in [5.74, 6) is -0.405. The quantitative estimate of drug-likeness (QED) is 0.880. The van der Waals surface area contributed by atoms with Gasteiger partial charge in [0.25, 0.3) is 0 Å². The minimum Gasteiger partial charge on any atom is -0.494 e. The number of methoxy groups -OCH3 is 1. The first-order chi connectivity index (χ1) is 7.61. The number of benzene rings is 1. The molecule has 0 saturated carbocycles. The summed E-state index contributed by atoms with van der Waals surface area (Å²) in [6, 6.07) is 4.22. The predicted octanol–water partition coefficient (Wildman–Crippen LogP) is 2.72. The number of nitrogens with two attached hydrogens (primary N) is 1. The summed E-state index contributed by atoms with van der Waals surface area (Å²) in [7, 11) is 1.36. The van der Waals surface area contributed by atoms with Crippen molar-refractivity contribution in [2.24, 2.45) is 0 Å². The van der Waals surface area contributed by atoms with Gasteiger partial charge in [0.05, 0.1) is 7.11 Å². The SMILES string of the molecule is COc1cc(Cl)cc(-c2cc(N)on2)c1F. The Balaban J connectivity index is 2.60. The number of nitrogen functional groups attached to an aromatic ring is 1. The van der Waals surface area contributed by atoms with Gasteiger partial charge in [-0.2, -0.15) is 0 Å². The van der Waals surface area contributed by atoms with Gasteiger partial charge in [0.15, 0.2) is 11.6 Å². The Morgan fingerprint density at radius 1 is 1.44 bits per heavy atom. The molecule has 0 fully saturated rings. The fourth-order valence-corrected chi connectivity index (χ4v) is 1.52. The second kappa shape index (κ2) is 4.02. The zero-order chi connectivity index (χ0) is 11.7. The number of nitrogens with zero attached hydrogens (tertiary/aromatic N) is 1. The topological polar surface area (TPSA) is 61.3 Å². The van der Waals surface area contributed by atoms with Crippen molar-refractivity contribution in [1.29, 1.82) is 0 Å². The maximum Gasteiger partial charge on any atom is 0.222 e. The Hall–Kier alpha value is -1.75. The first-order valence-corrected chi connectivity index (χ1v) is 4.75. The summed E-state index contributed by atoms with van der Waals surface area (Å²) in [6.45, 7) is 0. The highest BCUT2D eigenvalue weighted by Gasteiger charge is 2.15. The smallest absolute Gasteiger partial charge is 0.222 e. The van der Waals surface area contributed by atoms with E-state index in [1.165, 1.54) is 25.3 Å². The molecule has 0 aliphatic rings. The second-order valence-corrected chi connectivity index (χ2v) is 3.52. The summed E-state index contributed by atoms with van der Waals surface area (Å²) in [4.78, 5) is 0. The Morgan fingerprint density at radius 3 is 2.75 bits per heavy atom. The zero-order valence-electron chi connectivity index (χ0n) is 8.33. The molecule has 0 spiro atoms. The third kappa shape index (κ3) is 1.81. The average molecular weight is 243 g/mol. The van der Waals surface area contributed by atoms with Crippen molar-refractivity contribution in [2.75, 3.05) is 12.8 Å². The molecule has 0 amide bonds. The van der Waals surface area contributed by atoms with Crippen LogP contribution in [-0.4, -0.2) is 12.3 Å². The maximum absolute atomic E-state index is 13.8. The third-order valence-electron chi connectivity index (χ3n) is 2.03. The minimum absolute atomic E-state index is 0.0454. The van der Waals surface area contributed by atoms with Crippen LogP contribution in [0.1, 0.15) is 0 Å². The lowest BCUT2D eigenvalue weighted by molar-refractivity contribution is 0.387. The van der Waals surface area contributed by atoms with Crippen molar-refractivity contribution < 1.29 is 13.7 Å². The van der Waals surface area contributed by atoms with Crippen molar-refractivity contribution in [3.8, 4) is 17.0 Å². The van der Waals surface area contributed by atoms with E-state index in [4.69, 9.17) is 22.1 Å². The summed E-state index contributed by atoms with van der Waals surface area (Å²) in [6.07, 6.45) is 0. The number of ether oxygens (including phenoxy) is 1. The van der Waals surface area contributed by atoms with E-state index in [0.29, 0.717) is 5.02 Å². The summed E-state index contributed by atoms with van der Waals surface area (Å²) in [5.41, 5.74) is 5.82. The molecule has 0 atom stereocenters. The molecule has 0 saturated heterocycles. The number of aromatic nitrogens is 1. The van der Waals surface area contributed by atoms with Crippen molar-refractivity contribution >= 4 is 17.5 Å². The van der Waals surface area contributed by atoms with E-state index in [2.05, 4.69) is 9.68 Å². The molecule has 84 valence electrons. The van der Waals surface area contributed by atoms with Crippen LogP contribution in [0.4, 0.5) is 10.3 Å². The van der Waals surface area contributed by atoms with E-state index < -0.39 is 5.82 Å². The van der Waals surface area contributed by atoms with E-state index >= 15 is 0 Å². The maximum atomic E-state index is 13.8. The van der Waals surface area contributed by atoms with Gasteiger partial charge < -0.3 is 15.0 Å². The molecule has 1 aromatic carbocycles. The monoisotopic (exact) mass is 242 g/mol. The lowest BCUT2D eigenvalue weighted by Crippen LogP contribution is -1.92. The van der Waals surface area contributed by atoms with Gasteiger partial charge in [-0.3, -0.25) is 0 Å². The molecule has 0 bridgehead atoms. The van der Waals surface area contributed by atoms with Crippen LogP contribution in [0, 0.1) is 5.82 Å². The van der Waals surface area contributed by atoms with Crippen molar-refractivity contribution in [3.63, 3.8) is 0 Å². The molecular weight excluding hydrogens is 235 g/mol. The van der Waals surface area contributed by atoms with Crippen molar-refractivity contribution in [3.05, 3.63) is 29.0 Å². The second-order valence-electron chi connectivity index (χ2n) is 3.08. The molecule has 16 heavy (non-hydrogen) atoms. The highest BCUT2D eigenvalue weighted by atomic mass is 35.5. The van der Waals surface area contributed by atoms with Gasteiger partial charge in [0.2, 0.25) is 5.88 Å². The average Bonchev–Trinajstić information content (AvgIpc) is 2.67. The molecule has 2 aromatic rings. The van der Waals surface area contributed by atoms with Crippen LogP contribution in [0.3, 0.4) is 0 Å². The van der Waals surface area contributed by atoms with E-state index in [-0.39, 0.29) is 22.9 Å². The standard InChI is InChI=1S/C10H8ClFN2O2/c1-15-8-3-5(11)2-6(10(8)12)7-4-9(13)16-14-7/h2-4H,13H2,1H3. The van der Waals surface area contributed by atoms with Gasteiger partial charge in [-0.25, -0.2) is 4.39 Å². The Bertz CT molecular complexity index is 528. The number of hydrogen-bond acceptors (Lipinski definition) is 4. The predicted molar refractivity (Wildman–Crippen MR) is 57.9 cm³/mol. The fraction of sp³-hybridized carbons (Fsp3) is 0.100. The van der Waals surface area contributed by atoms with Crippen LogP contribution in [-0.2, 0) is 0 Å². The van der Waals surface area contributed by atoms with E-state index in [1.807, 2.05) is 0 Å². The van der Waals surface area contributed by atoms with Gasteiger partial charge in [-0.15, -0.1) is 0 Å². The van der Waals surface area contributed by atoms with E-state index in [0.717, 1.165) is 0 Å². The lowest BCUT2D eigenvalue weighted by Gasteiger charge is -2.05. The lowest BCUT2D eigenvalue weighted by atomic mass is 10.1. The molecule has 1 aromatic heterocycles. The van der Waals surface area contributed by atoms with E-state index in [1.54, 1.807) is 0 Å². The fourth-order valence-electron chi connectivity index (χ4n) is 1.32. The van der Waals surface area contributed by atoms with Gasteiger partial charge in [-0.1, -0.05) is 16.8 Å². The molecule has 1 heterocycles. The molecule has 0 aliphatic carbocycles. The van der Waals surface area contributed by atoms with Gasteiger partial charge >= 0.3 is 0 Å². The summed E-state index contributed by atoms with van der Waals surface area (Å²) >= 11 is 5.82. The highest BCUT2D eigenvalue weighted by Crippen LogP contribution is 2.32. The van der Waals surface area contributed by atoms with Gasteiger partial charge in [0.1, 0.15) is 5.69 Å². The highest BCUT2D eigenvalue weighted by molar-refractivity contribution is 6.31. The first kappa shape index (κ1) is 10.8. The number of hydrogen-bond donors (Lipinski definition) is 1. The molecule has 0 unspecified atom stereocenters. The van der Waals surface area contributed by atoms with E-state index in [9.17, 15) is 4.39 Å². The van der Waals surface area contributed by atoms with Crippen LogP contribution in [0.15, 0.2) is 22.7 Å². The largest absolute Gasteiger partial charge is 0.494 e. The first-order valence-electron chi connectivity index (χ1n) is 4.37. The van der Waals surface area contributed by atoms with Crippen molar-refractivity contribution in [2.45, 2.75) is 0 Å². The minimum atomic E-state index is -0.555. The number of rotatable bonds is 2. The third-order valence-corrected chi connectivity index (χ3v) is 2.25. The molecule has 6 heteroatoms. The number of anilines is 1. The summed E-state index contributed by atoms with van der Waals surface area (Å²) < 4.78 is 23.4. The molecule has 2 rings (SSSR count). The van der Waals surface area contributed by atoms with Crippen LogP contribution in [0.5, 0.6) is 5.75 Å².